The SMILES string of the molecule is Cc1ccc(C(=O)Nc2ccc(N)cc2Cl)cc1Cl. The average Bonchev–Trinajstić information content (AvgIpc) is 2.36. The molecule has 3 N–H and O–H groups in total. The van der Waals surface area contributed by atoms with E-state index < -0.39 is 0 Å². The monoisotopic (exact) mass is 294 g/mol. The zero-order valence-corrected chi connectivity index (χ0v) is 11.7. The minimum absolute atomic E-state index is 0.270. The summed E-state index contributed by atoms with van der Waals surface area (Å²) < 4.78 is 0. The first-order valence-electron chi connectivity index (χ1n) is 5.60. The van der Waals surface area contributed by atoms with Crippen molar-refractivity contribution in [2.24, 2.45) is 0 Å². The molecule has 1 amide bonds. The Kier molecular flexibility index (Phi) is 3.98. The molecule has 2 aromatic rings. The number of amides is 1. The zero-order valence-electron chi connectivity index (χ0n) is 10.2. The maximum Gasteiger partial charge on any atom is 0.255 e. The normalized spacial score (nSPS) is 10.3. The lowest BCUT2D eigenvalue weighted by Crippen LogP contribution is -2.12. The summed E-state index contributed by atoms with van der Waals surface area (Å²) in [4.78, 5) is 12.1. The van der Waals surface area contributed by atoms with E-state index in [4.69, 9.17) is 28.9 Å². The van der Waals surface area contributed by atoms with Crippen molar-refractivity contribution in [3.63, 3.8) is 0 Å². The van der Waals surface area contributed by atoms with E-state index in [0.29, 0.717) is 27.0 Å². The van der Waals surface area contributed by atoms with Gasteiger partial charge in [0.2, 0.25) is 0 Å². The molecule has 0 heterocycles. The molecule has 5 heteroatoms. The van der Waals surface area contributed by atoms with Crippen molar-refractivity contribution < 1.29 is 4.79 Å². The Bertz CT molecular complexity index is 641. The molecule has 2 rings (SSSR count). The summed E-state index contributed by atoms with van der Waals surface area (Å²) in [6.07, 6.45) is 0. The first-order valence-corrected chi connectivity index (χ1v) is 6.35. The summed E-state index contributed by atoms with van der Waals surface area (Å²) >= 11 is 12.0. The topological polar surface area (TPSA) is 55.1 Å². The highest BCUT2D eigenvalue weighted by molar-refractivity contribution is 6.34. The summed E-state index contributed by atoms with van der Waals surface area (Å²) in [6, 6.07) is 10.0. The summed E-state index contributed by atoms with van der Waals surface area (Å²) in [5, 5.41) is 3.66. The summed E-state index contributed by atoms with van der Waals surface area (Å²) in [6.45, 7) is 1.88. The van der Waals surface area contributed by atoms with Gasteiger partial charge in [0.25, 0.3) is 5.91 Å². The number of aryl methyl sites for hydroxylation is 1. The highest BCUT2D eigenvalue weighted by Crippen LogP contribution is 2.25. The molecular weight excluding hydrogens is 283 g/mol. The highest BCUT2D eigenvalue weighted by atomic mass is 35.5. The number of hydrogen-bond donors (Lipinski definition) is 2. The van der Waals surface area contributed by atoms with Gasteiger partial charge in [-0.05, 0) is 42.8 Å². The van der Waals surface area contributed by atoms with Gasteiger partial charge in [-0.1, -0.05) is 29.3 Å². The van der Waals surface area contributed by atoms with Crippen LogP contribution in [0.4, 0.5) is 11.4 Å². The number of nitrogens with one attached hydrogen (secondary N) is 1. The molecule has 0 spiro atoms. The van der Waals surface area contributed by atoms with Crippen molar-refractivity contribution in [1.82, 2.24) is 0 Å². The van der Waals surface area contributed by atoms with Crippen LogP contribution in [-0.2, 0) is 0 Å². The second kappa shape index (κ2) is 5.51. The standard InChI is InChI=1S/C14H12Cl2N2O/c1-8-2-3-9(6-11(8)15)14(19)18-13-5-4-10(17)7-12(13)16/h2-7H,17H2,1H3,(H,18,19). The van der Waals surface area contributed by atoms with E-state index in [0.717, 1.165) is 5.56 Å². The van der Waals surface area contributed by atoms with Gasteiger partial charge in [-0.3, -0.25) is 4.79 Å². The van der Waals surface area contributed by atoms with E-state index in [-0.39, 0.29) is 5.91 Å². The van der Waals surface area contributed by atoms with Crippen molar-refractivity contribution in [2.75, 3.05) is 11.1 Å². The number of halogens is 2. The molecule has 0 radical (unpaired) electrons. The number of anilines is 2. The second-order valence-corrected chi connectivity index (χ2v) is 4.97. The van der Waals surface area contributed by atoms with Gasteiger partial charge in [0.05, 0.1) is 10.7 Å². The highest BCUT2D eigenvalue weighted by Gasteiger charge is 2.09. The van der Waals surface area contributed by atoms with E-state index in [1.54, 1.807) is 36.4 Å². The lowest BCUT2D eigenvalue weighted by molar-refractivity contribution is 0.102. The lowest BCUT2D eigenvalue weighted by atomic mass is 10.1. The first-order chi connectivity index (χ1) is 8.97. The fraction of sp³-hybridized carbons (Fsp3) is 0.0714. The molecule has 0 saturated heterocycles. The smallest absolute Gasteiger partial charge is 0.255 e. The van der Waals surface area contributed by atoms with Crippen LogP contribution in [0.1, 0.15) is 15.9 Å². The Morgan fingerprint density at radius 3 is 2.47 bits per heavy atom. The van der Waals surface area contributed by atoms with Crippen molar-refractivity contribution >= 4 is 40.5 Å². The summed E-state index contributed by atoms with van der Waals surface area (Å²) in [5.74, 6) is -0.270. The van der Waals surface area contributed by atoms with E-state index in [1.165, 1.54) is 0 Å². The fourth-order valence-electron chi connectivity index (χ4n) is 1.56. The van der Waals surface area contributed by atoms with Gasteiger partial charge >= 0.3 is 0 Å². The number of hydrogen-bond acceptors (Lipinski definition) is 2. The Labute approximate surface area is 121 Å². The molecule has 0 aliphatic carbocycles. The molecule has 0 unspecified atom stereocenters. The Balaban J connectivity index is 2.23. The third kappa shape index (κ3) is 3.19. The summed E-state index contributed by atoms with van der Waals surface area (Å²) in [5.41, 5.74) is 8.04. The van der Waals surface area contributed by atoms with Crippen molar-refractivity contribution in [3.05, 3.63) is 57.6 Å². The van der Waals surface area contributed by atoms with Gasteiger partial charge in [0, 0.05) is 16.3 Å². The molecule has 98 valence electrons. The van der Waals surface area contributed by atoms with Crippen molar-refractivity contribution in [2.45, 2.75) is 6.92 Å². The molecule has 0 aliphatic heterocycles. The van der Waals surface area contributed by atoms with E-state index in [9.17, 15) is 4.79 Å². The van der Waals surface area contributed by atoms with Crippen LogP contribution in [0.2, 0.25) is 10.0 Å². The van der Waals surface area contributed by atoms with Gasteiger partial charge < -0.3 is 11.1 Å². The van der Waals surface area contributed by atoms with Crippen LogP contribution in [0, 0.1) is 6.92 Å². The molecule has 19 heavy (non-hydrogen) atoms. The van der Waals surface area contributed by atoms with E-state index >= 15 is 0 Å². The number of carbonyl (C=O) groups is 1. The fourth-order valence-corrected chi connectivity index (χ4v) is 1.98. The second-order valence-electron chi connectivity index (χ2n) is 4.16. The zero-order chi connectivity index (χ0) is 14.0. The maximum absolute atomic E-state index is 12.1. The summed E-state index contributed by atoms with van der Waals surface area (Å²) in [7, 11) is 0. The molecule has 0 fully saturated rings. The van der Waals surface area contributed by atoms with Crippen LogP contribution in [-0.4, -0.2) is 5.91 Å². The third-order valence-corrected chi connectivity index (χ3v) is 3.40. The molecule has 3 nitrogen and oxygen atoms in total. The van der Waals surface area contributed by atoms with Gasteiger partial charge in [0.1, 0.15) is 0 Å². The van der Waals surface area contributed by atoms with E-state index in [1.807, 2.05) is 6.92 Å². The minimum atomic E-state index is -0.270. The Morgan fingerprint density at radius 2 is 1.84 bits per heavy atom. The largest absolute Gasteiger partial charge is 0.399 e. The van der Waals surface area contributed by atoms with Crippen LogP contribution >= 0.6 is 23.2 Å². The number of rotatable bonds is 2. The molecule has 0 bridgehead atoms. The van der Waals surface area contributed by atoms with Gasteiger partial charge in [0.15, 0.2) is 0 Å². The van der Waals surface area contributed by atoms with Gasteiger partial charge in [-0.2, -0.15) is 0 Å². The number of benzene rings is 2. The van der Waals surface area contributed by atoms with Crippen molar-refractivity contribution in [3.8, 4) is 0 Å². The Morgan fingerprint density at radius 1 is 1.11 bits per heavy atom. The molecule has 2 aromatic carbocycles. The number of nitrogen functional groups attached to an aromatic ring is 1. The Hall–Kier alpha value is -1.71. The maximum atomic E-state index is 12.1. The molecule has 0 aliphatic rings. The predicted molar refractivity (Wildman–Crippen MR) is 80.0 cm³/mol. The molecular formula is C14H12Cl2N2O. The van der Waals surface area contributed by atoms with Crippen LogP contribution in [0.15, 0.2) is 36.4 Å². The molecule has 0 aromatic heterocycles. The third-order valence-electron chi connectivity index (χ3n) is 2.68. The number of nitrogens with two attached hydrogens (primary N) is 1. The minimum Gasteiger partial charge on any atom is -0.399 e. The number of carbonyl (C=O) groups excluding carboxylic acids is 1. The van der Waals surface area contributed by atoms with E-state index in [2.05, 4.69) is 5.32 Å². The molecule has 0 saturated carbocycles. The van der Waals surface area contributed by atoms with Crippen LogP contribution in [0.25, 0.3) is 0 Å². The predicted octanol–water partition coefficient (Wildman–Crippen LogP) is 4.14. The van der Waals surface area contributed by atoms with Crippen LogP contribution in [0.3, 0.4) is 0 Å². The quantitative estimate of drug-likeness (QED) is 0.818. The lowest BCUT2D eigenvalue weighted by Gasteiger charge is -2.08. The van der Waals surface area contributed by atoms with Gasteiger partial charge in [-0.15, -0.1) is 0 Å². The van der Waals surface area contributed by atoms with Crippen LogP contribution in [0.5, 0.6) is 0 Å². The molecule has 0 atom stereocenters. The first kappa shape index (κ1) is 13.7. The average molecular weight is 295 g/mol. The van der Waals surface area contributed by atoms with Crippen LogP contribution < -0.4 is 11.1 Å². The van der Waals surface area contributed by atoms with Gasteiger partial charge in [-0.25, -0.2) is 0 Å². The van der Waals surface area contributed by atoms with Crippen molar-refractivity contribution in [1.29, 1.82) is 0 Å².